The van der Waals surface area contributed by atoms with Crippen molar-refractivity contribution in [2.75, 3.05) is 72.2 Å². The van der Waals surface area contributed by atoms with Crippen LogP contribution in [0, 0.1) is 5.92 Å². The molecule has 0 bridgehead atoms. The zero-order valence-electron chi connectivity index (χ0n) is 18.5. The Balaban J connectivity index is 1.44. The molecule has 0 aliphatic carbocycles. The molecule has 7 nitrogen and oxygen atoms in total. The maximum Gasteiger partial charge on any atom is 0.234 e. The van der Waals surface area contributed by atoms with Crippen LogP contribution in [0.4, 0.5) is 0 Å². The summed E-state index contributed by atoms with van der Waals surface area (Å²) in [7, 11) is 0. The molecular formula is C23H38N4O3. The van der Waals surface area contributed by atoms with Gasteiger partial charge in [0.1, 0.15) is 0 Å². The Morgan fingerprint density at radius 3 is 2.53 bits per heavy atom. The summed E-state index contributed by atoms with van der Waals surface area (Å²) < 4.78 is 11.3. The van der Waals surface area contributed by atoms with E-state index in [1.165, 1.54) is 5.56 Å². The lowest BCUT2D eigenvalue weighted by atomic mass is 10.1. The first-order valence-corrected chi connectivity index (χ1v) is 11.3. The third kappa shape index (κ3) is 7.96. The van der Waals surface area contributed by atoms with Crippen LogP contribution < -0.4 is 10.6 Å². The molecule has 2 heterocycles. The first-order valence-electron chi connectivity index (χ1n) is 11.3. The van der Waals surface area contributed by atoms with E-state index in [4.69, 9.17) is 9.47 Å². The molecule has 2 fully saturated rings. The van der Waals surface area contributed by atoms with Gasteiger partial charge < -0.3 is 20.1 Å². The topological polar surface area (TPSA) is 66.1 Å². The van der Waals surface area contributed by atoms with Gasteiger partial charge in [-0.05, 0) is 11.5 Å². The molecule has 1 aromatic carbocycles. The summed E-state index contributed by atoms with van der Waals surface area (Å²) in [6.07, 6.45) is 0.0692. The minimum absolute atomic E-state index is 0.0162. The molecule has 0 spiro atoms. The molecule has 2 unspecified atom stereocenters. The molecule has 0 saturated carbocycles. The number of nitrogens with one attached hydrogen (secondary N) is 2. The lowest BCUT2D eigenvalue weighted by molar-refractivity contribution is -0.121. The molecule has 3 rings (SSSR count). The van der Waals surface area contributed by atoms with E-state index in [1.54, 1.807) is 0 Å². The second-order valence-corrected chi connectivity index (χ2v) is 8.71. The van der Waals surface area contributed by atoms with Crippen molar-refractivity contribution >= 4 is 5.91 Å². The van der Waals surface area contributed by atoms with Crippen molar-refractivity contribution in [2.24, 2.45) is 5.92 Å². The molecule has 168 valence electrons. The summed E-state index contributed by atoms with van der Waals surface area (Å²) >= 11 is 0. The van der Waals surface area contributed by atoms with Gasteiger partial charge in [-0.25, -0.2) is 0 Å². The van der Waals surface area contributed by atoms with Crippen molar-refractivity contribution in [3.8, 4) is 0 Å². The molecule has 2 N–H and O–H groups in total. The number of carbonyl (C=O) groups excluding carboxylic acids is 1. The van der Waals surface area contributed by atoms with E-state index >= 15 is 0 Å². The fourth-order valence-electron chi connectivity index (χ4n) is 4.11. The Labute approximate surface area is 181 Å². The number of amides is 1. The van der Waals surface area contributed by atoms with E-state index in [9.17, 15) is 4.79 Å². The highest BCUT2D eigenvalue weighted by molar-refractivity contribution is 5.78. The number of morpholine rings is 2. The molecule has 2 atom stereocenters. The van der Waals surface area contributed by atoms with Crippen LogP contribution in [0.1, 0.15) is 25.5 Å². The number of hydrogen-bond acceptors (Lipinski definition) is 6. The predicted octanol–water partition coefficient (Wildman–Crippen LogP) is 1.12. The number of rotatable bonds is 10. The number of benzene rings is 1. The SMILES string of the molecule is CC(C)CN1CCOC(CNC(=O)CNC(CN2CCOCC2)c2ccccc2)C1. The molecule has 7 heteroatoms. The molecule has 2 saturated heterocycles. The van der Waals surface area contributed by atoms with Gasteiger partial charge >= 0.3 is 0 Å². The fourth-order valence-corrected chi connectivity index (χ4v) is 4.11. The summed E-state index contributed by atoms with van der Waals surface area (Å²) in [4.78, 5) is 17.3. The first kappa shape index (κ1) is 23.2. The quantitative estimate of drug-likeness (QED) is 0.594. The van der Waals surface area contributed by atoms with Crippen molar-refractivity contribution < 1.29 is 14.3 Å². The van der Waals surface area contributed by atoms with E-state index in [1.807, 2.05) is 18.2 Å². The summed E-state index contributed by atoms with van der Waals surface area (Å²) in [6.45, 7) is 13.3. The normalized spacial score (nSPS) is 22.2. The lowest BCUT2D eigenvalue weighted by Gasteiger charge is -2.34. The van der Waals surface area contributed by atoms with Crippen LogP contribution in [0.5, 0.6) is 0 Å². The predicted molar refractivity (Wildman–Crippen MR) is 118 cm³/mol. The molecule has 2 aliphatic heterocycles. The summed E-state index contributed by atoms with van der Waals surface area (Å²) in [5, 5.41) is 6.51. The minimum Gasteiger partial charge on any atom is -0.379 e. The lowest BCUT2D eigenvalue weighted by Crippen LogP contribution is -2.49. The van der Waals surface area contributed by atoms with Crippen LogP contribution in [0.3, 0.4) is 0 Å². The standard InChI is InChI=1S/C23H38N4O3/c1-19(2)16-27-10-13-30-21(17-27)14-25-23(28)15-24-22(20-6-4-3-5-7-20)18-26-8-11-29-12-9-26/h3-7,19,21-22,24H,8-18H2,1-2H3,(H,25,28). The van der Waals surface area contributed by atoms with Crippen molar-refractivity contribution in [2.45, 2.75) is 26.0 Å². The maximum absolute atomic E-state index is 12.5. The van der Waals surface area contributed by atoms with Crippen molar-refractivity contribution in [1.82, 2.24) is 20.4 Å². The summed E-state index contributed by atoms with van der Waals surface area (Å²) in [6, 6.07) is 10.5. The Morgan fingerprint density at radius 1 is 1.07 bits per heavy atom. The number of hydrogen-bond donors (Lipinski definition) is 2. The average molecular weight is 419 g/mol. The van der Waals surface area contributed by atoms with Crippen LogP contribution in [-0.2, 0) is 14.3 Å². The Bertz CT molecular complexity index is 622. The highest BCUT2D eigenvalue weighted by Crippen LogP contribution is 2.15. The zero-order valence-corrected chi connectivity index (χ0v) is 18.5. The van der Waals surface area contributed by atoms with Crippen LogP contribution in [-0.4, -0.2) is 94.0 Å². The smallest absolute Gasteiger partial charge is 0.234 e. The Morgan fingerprint density at radius 2 is 1.80 bits per heavy atom. The largest absolute Gasteiger partial charge is 0.379 e. The highest BCUT2D eigenvalue weighted by Gasteiger charge is 2.22. The molecule has 2 aliphatic rings. The summed E-state index contributed by atoms with van der Waals surface area (Å²) in [5.74, 6) is 0.659. The van der Waals surface area contributed by atoms with E-state index in [2.05, 4.69) is 46.4 Å². The maximum atomic E-state index is 12.5. The van der Waals surface area contributed by atoms with Crippen LogP contribution in [0.2, 0.25) is 0 Å². The molecule has 0 radical (unpaired) electrons. The van der Waals surface area contributed by atoms with Gasteiger partial charge in [0.25, 0.3) is 0 Å². The molecule has 1 aromatic rings. The van der Waals surface area contributed by atoms with Crippen molar-refractivity contribution in [3.63, 3.8) is 0 Å². The monoisotopic (exact) mass is 418 g/mol. The second-order valence-electron chi connectivity index (χ2n) is 8.71. The van der Waals surface area contributed by atoms with Crippen LogP contribution in [0.15, 0.2) is 30.3 Å². The van der Waals surface area contributed by atoms with Gasteiger partial charge in [0, 0.05) is 51.9 Å². The molecular weight excluding hydrogens is 380 g/mol. The Kier molecular flexibility index (Phi) is 9.55. The third-order valence-electron chi connectivity index (χ3n) is 5.63. The minimum atomic E-state index is 0.0162. The van der Waals surface area contributed by atoms with Gasteiger partial charge in [-0.15, -0.1) is 0 Å². The van der Waals surface area contributed by atoms with Gasteiger partial charge in [0.05, 0.1) is 32.5 Å². The highest BCUT2D eigenvalue weighted by atomic mass is 16.5. The zero-order chi connectivity index (χ0) is 21.2. The van der Waals surface area contributed by atoms with Crippen LogP contribution in [0.25, 0.3) is 0 Å². The summed E-state index contributed by atoms with van der Waals surface area (Å²) in [5.41, 5.74) is 1.21. The van der Waals surface area contributed by atoms with E-state index < -0.39 is 0 Å². The van der Waals surface area contributed by atoms with Gasteiger partial charge in [0.2, 0.25) is 5.91 Å². The number of carbonyl (C=O) groups is 1. The van der Waals surface area contributed by atoms with E-state index in [0.29, 0.717) is 19.0 Å². The van der Waals surface area contributed by atoms with E-state index in [-0.39, 0.29) is 18.1 Å². The van der Waals surface area contributed by atoms with E-state index in [0.717, 1.165) is 59.1 Å². The van der Waals surface area contributed by atoms with Crippen LogP contribution >= 0.6 is 0 Å². The first-order chi connectivity index (χ1) is 14.6. The van der Waals surface area contributed by atoms with Gasteiger partial charge in [0.15, 0.2) is 0 Å². The van der Waals surface area contributed by atoms with Crippen molar-refractivity contribution in [3.05, 3.63) is 35.9 Å². The third-order valence-corrected chi connectivity index (χ3v) is 5.63. The number of ether oxygens (including phenoxy) is 2. The van der Waals surface area contributed by atoms with Crippen molar-refractivity contribution in [1.29, 1.82) is 0 Å². The Hall–Kier alpha value is -1.51. The second kappa shape index (κ2) is 12.4. The molecule has 30 heavy (non-hydrogen) atoms. The molecule has 1 amide bonds. The molecule has 0 aromatic heterocycles. The van der Waals surface area contributed by atoms with Gasteiger partial charge in [-0.2, -0.15) is 0 Å². The van der Waals surface area contributed by atoms with Gasteiger partial charge in [-0.1, -0.05) is 44.2 Å². The number of nitrogens with zero attached hydrogens (tertiary/aromatic N) is 2. The average Bonchev–Trinajstić information content (AvgIpc) is 2.76. The van der Waals surface area contributed by atoms with Gasteiger partial charge in [-0.3, -0.25) is 14.6 Å². The fraction of sp³-hybridized carbons (Fsp3) is 0.696.